The first kappa shape index (κ1) is 17.9. The molecule has 1 atom stereocenters. The van der Waals surface area contributed by atoms with E-state index >= 15 is 0 Å². The molecule has 0 radical (unpaired) electrons. The summed E-state index contributed by atoms with van der Waals surface area (Å²) >= 11 is 0. The smallest absolute Gasteiger partial charge is 0.0589 e. The van der Waals surface area contributed by atoms with E-state index in [0.29, 0.717) is 12.1 Å². The summed E-state index contributed by atoms with van der Waals surface area (Å²) in [6.07, 6.45) is 2.50. The molecule has 3 nitrogen and oxygen atoms in total. The number of ether oxygens (including phenoxy) is 1. The third kappa shape index (κ3) is 8.06. The van der Waals surface area contributed by atoms with Crippen molar-refractivity contribution in [3.63, 3.8) is 0 Å². The summed E-state index contributed by atoms with van der Waals surface area (Å²) in [6.45, 7) is 15.4. The van der Waals surface area contributed by atoms with Gasteiger partial charge in [0, 0.05) is 32.3 Å². The van der Waals surface area contributed by atoms with Gasteiger partial charge in [-0.3, -0.25) is 4.90 Å². The molecule has 3 heteroatoms. The van der Waals surface area contributed by atoms with Crippen molar-refractivity contribution in [3.8, 4) is 0 Å². The van der Waals surface area contributed by atoms with Gasteiger partial charge in [-0.25, -0.2) is 0 Å². The number of methoxy groups -OCH3 is 1. The van der Waals surface area contributed by atoms with Gasteiger partial charge in [0.15, 0.2) is 0 Å². The number of nitrogens with one attached hydrogen (secondary N) is 1. The Balaban J connectivity index is 4.29. The molecule has 0 amide bonds. The fourth-order valence-corrected chi connectivity index (χ4v) is 2.32. The fourth-order valence-electron chi connectivity index (χ4n) is 2.32. The Bertz CT molecular complexity index is 183. The summed E-state index contributed by atoms with van der Waals surface area (Å²) in [5, 5.41) is 3.60. The Morgan fingerprint density at radius 3 is 2.22 bits per heavy atom. The van der Waals surface area contributed by atoms with Gasteiger partial charge in [0.2, 0.25) is 0 Å². The lowest BCUT2D eigenvalue weighted by atomic mass is 10.1. The van der Waals surface area contributed by atoms with Crippen molar-refractivity contribution in [1.82, 2.24) is 10.2 Å². The van der Waals surface area contributed by atoms with Crippen molar-refractivity contribution >= 4 is 0 Å². The zero-order valence-corrected chi connectivity index (χ0v) is 13.3. The summed E-state index contributed by atoms with van der Waals surface area (Å²) in [5.74, 6) is 0.721. The summed E-state index contributed by atoms with van der Waals surface area (Å²) in [4.78, 5) is 2.57. The van der Waals surface area contributed by atoms with Crippen molar-refractivity contribution < 1.29 is 4.74 Å². The third-order valence-corrected chi connectivity index (χ3v) is 3.24. The lowest BCUT2D eigenvalue weighted by Crippen LogP contribution is -2.47. The molecule has 0 aromatic rings. The highest BCUT2D eigenvalue weighted by Crippen LogP contribution is 2.10. The molecule has 0 spiro atoms. The maximum atomic E-state index is 5.23. The Labute approximate surface area is 114 Å². The number of rotatable bonds is 11. The maximum Gasteiger partial charge on any atom is 0.0589 e. The Morgan fingerprint density at radius 1 is 1.11 bits per heavy atom. The highest BCUT2D eigenvalue weighted by Gasteiger charge is 2.19. The normalized spacial score (nSPS) is 13.8. The van der Waals surface area contributed by atoms with Crippen LogP contribution in [0.1, 0.15) is 47.5 Å². The first-order valence-electron chi connectivity index (χ1n) is 7.48. The molecule has 1 N–H and O–H groups in total. The zero-order chi connectivity index (χ0) is 14.0. The summed E-state index contributed by atoms with van der Waals surface area (Å²) < 4.78 is 5.23. The number of nitrogens with zero attached hydrogens (tertiary/aromatic N) is 1. The lowest BCUT2D eigenvalue weighted by molar-refractivity contribution is 0.0902. The monoisotopic (exact) mass is 258 g/mol. The second-order valence-corrected chi connectivity index (χ2v) is 5.82. The largest absolute Gasteiger partial charge is 0.383 e. The molecule has 0 saturated carbocycles. The molecule has 0 aliphatic rings. The Hall–Kier alpha value is -0.120. The molecular weight excluding hydrogens is 224 g/mol. The van der Waals surface area contributed by atoms with E-state index in [1.165, 1.54) is 12.8 Å². The second-order valence-electron chi connectivity index (χ2n) is 5.82. The van der Waals surface area contributed by atoms with Gasteiger partial charge in [-0.15, -0.1) is 0 Å². The van der Waals surface area contributed by atoms with Gasteiger partial charge >= 0.3 is 0 Å². The average Bonchev–Trinajstić information content (AvgIpc) is 2.28. The van der Waals surface area contributed by atoms with Crippen molar-refractivity contribution in [2.45, 2.75) is 59.5 Å². The van der Waals surface area contributed by atoms with E-state index in [-0.39, 0.29) is 0 Å². The highest BCUT2D eigenvalue weighted by molar-refractivity contribution is 4.77. The van der Waals surface area contributed by atoms with Gasteiger partial charge < -0.3 is 10.1 Å². The molecule has 0 aromatic heterocycles. The van der Waals surface area contributed by atoms with Gasteiger partial charge in [0.05, 0.1) is 6.61 Å². The molecule has 18 heavy (non-hydrogen) atoms. The molecule has 0 heterocycles. The minimum absolute atomic E-state index is 0.581. The van der Waals surface area contributed by atoms with Crippen LogP contribution in [0.4, 0.5) is 0 Å². The van der Waals surface area contributed by atoms with Crippen LogP contribution < -0.4 is 5.32 Å². The molecule has 0 fully saturated rings. The number of hydrogen-bond acceptors (Lipinski definition) is 3. The lowest BCUT2D eigenvalue weighted by Gasteiger charge is -2.35. The third-order valence-electron chi connectivity index (χ3n) is 3.24. The van der Waals surface area contributed by atoms with Crippen LogP contribution in [0.3, 0.4) is 0 Å². The molecule has 1 unspecified atom stereocenters. The minimum atomic E-state index is 0.581. The molecular formula is C15H34N2O. The molecule has 0 rings (SSSR count). The molecule has 110 valence electrons. The second kappa shape index (κ2) is 10.8. The standard InChI is InChI=1S/C15H34N2O/c1-7-8-15(12-16-11-13(2)3)17(14(4)5)9-10-18-6/h13-16H,7-12H2,1-6H3. The van der Waals surface area contributed by atoms with Crippen LogP contribution in [-0.4, -0.2) is 50.3 Å². The van der Waals surface area contributed by atoms with Crippen molar-refractivity contribution in [1.29, 1.82) is 0 Å². The number of hydrogen-bond donors (Lipinski definition) is 1. The Kier molecular flexibility index (Phi) is 10.7. The van der Waals surface area contributed by atoms with Gasteiger partial charge in [0.25, 0.3) is 0 Å². The summed E-state index contributed by atoms with van der Waals surface area (Å²) in [6, 6.07) is 1.21. The first-order valence-corrected chi connectivity index (χ1v) is 7.48. The van der Waals surface area contributed by atoms with Crippen LogP contribution in [0.25, 0.3) is 0 Å². The van der Waals surface area contributed by atoms with E-state index in [0.717, 1.165) is 32.2 Å². The molecule has 0 aromatic carbocycles. The van der Waals surface area contributed by atoms with E-state index in [1.54, 1.807) is 7.11 Å². The van der Waals surface area contributed by atoms with Crippen LogP contribution in [0.15, 0.2) is 0 Å². The van der Waals surface area contributed by atoms with Crippen LogP contribution >= 0.6 is 0 Å². The summed E-state index contributed by atoms with van der Waals surface area (Å²) in [5.41, 5.74) is 0. The highest BCUT2D eigenvalue weighted by atomic mass is 16.5. The minimum Gasteiger partial charge on any atom is -0.383 e. The van der Waals surface area contributed by atoms with Crippen LogP contribution in [0, 0.1) is 5.92 Å². The first-order chi connectivity index (χ1) is 8.52. The topological polar surface area (TPSA) is 24.5 Å². The maximum absolute atomic E-state index is 5.23. The van der Waals surface area contributed by atoms with Gasteiger partial charge in [-0.2, -0.15) is 0 Å². The Morgan fingerprint density at radius 2 is 1.78 bits per heavy atom. The van der Waals surface area contributed by atoms with Gasteiger partial charge in [-0.1, -0.05) is 27.2 Å². The van der Waals surface area contributed by atoms with E-state index in [1.807, 2.05) is 0 Å². The van der Waals surface area contributed by atoms with E-state index in [4.69, 9.17) is 4.74 Å². The predicted octanol–water partition coefficient (Wildman–Crippen LogP) is 2.76. The van der Waals surface area contributed by atoms with Crippen molar-refractivity contribution in [2.75, 3.05) is 33.4 Å². The predicted molar refractivity (Wildman–Crippen MR) is 80.1 cm³/mol. The van der Waals surface area contributed by atoms with Crippen molar-refractivity contribution in [3.05, 3.63) is 0 Å². The van der Waals surface area contributed by atoms with Crippen LogP contribution in [0.2, 0.25) is 0 Å². The van der Waals surface area contributed by atoms with Gasteiger partial charge in [0.1, 0.15) is 0 Å². The molecule has 0 aliphatic carbocycles. The molecule has 0 saturated heterocycles. The van der Waals surface area contributed by atoms with Crippen molar-refractivity contribution in [2.24, 2.45) is 5.92 Å². The van der Waals surface area contributed by atoms with E-state index in [9.17, 15) is 0 Å². The van der Waals surface area contributed by atoms with Crippen LogP contribution in [0.5, 0.6) is 0 Å². The average molecular weight is 258 g/mol. The SMILES string of the molecule is CCCC(CNCC(C)C)N(CCOC)C(C)C. The van der Waals surface area contributed by atoms with Crippen LogP contribution in [-0.2, 0) is 4.74 Å². The molecule has 0 bridgehead atoms. The van der Waals surface area contributed by atoms with E-state index < -0.39 is 0 Å². The zero-order valence-electron chi connectivity index (χ0n) is 13.3. The van der Waals surface area contributed by atoms with Gasteiger partial charge in [-0.05, 0) is 32.7 Å². The summed E-state index contributed by atoms with van der Waals surface area (Å²) in [7, 11) is 1.78. The molecule has 0 aliphatic heterocycles. The quantitative estimate of drug-likeness (QED) is 0.617. The van der Waals surface area contributed by atoms with E-state index in [2.05, 4.69) is 44.8 Å². The fraction of sp³-hybridized carbons (Fsp3) is 1.00.